The number of allylic oxidation sites excluding steroid dienone is 1. The lowest BCUT2D eigenvalue weighted by atomic mass is 10.1. The minimum atomic E-state index is -1.69. The molecule has 26 heavy (non-hydrogen) atoms. The SMILES string of the molecule is COC(=O)C(C)NP(O)N1CCC(NC(=O)/C(N)=C(/C=N)NC=O)CC1. The summed E-state index contributed by atoms with van der Waals surface area (Å²) in [5, 5.41) is 14.9. The third-order valence-corrected chi connectivity index (χ3v) is 5.39. The number of ether oxygens (including phenoxy) is 1. The highest BCUT2D eigenvalue weighted by Gasteiger charge is 2.28. The number of piperidine rings is 1. The number of esters is 1. The molecule has 0 aliphatic carbocycles. The standard InChI is InChI=1S/C14H25N6O5P/c1-9(14(23)25-2)19-26(24)20-5-3-10(4-6-20)18-13(22)12(16)11(7-15)17-8-21/h7-10,15,19,24H,3-6,16H2,1-2H3,(H,17,21)(H,18,22)/b12-11+,15-7?. The van der Waals surface area contributed by atoms with Gasteiger partial charge in [-0.25, -0.2) is 9.76 Å². The third-order valence-electron chi connectivity index (χ3n) is 3.83. The molecule has 0 aromatic rings. The second-order valence-corrected chi connectivity index (χ2v) is 7.00. The molecule has 7 N–H and O–H groups in total. The van der Waals surface area contributed by atoms with Crippen molar-refractivity contribution in [3.63, 3.8) is 0 Å². The first kappa shape index (κ1) is 22.0. The minimum absolute atomic E-state index is 0.0742. The van der Waals surface area contributed by atoms with E-state index in [1.165, 1.54) is 7.11 Å². The summed E-state index contributed by atoms with van der Waals surface area (Å²) in [5.41, 5.74) is 5.32. The normalized spacial score (nSPS) is 18.9. The van der Waals surface area contributed by atoms with Gasteiger partial charge in [-0.3, -0.25) is 14.4 Å². The lowest BCUT2D eigenvalue weighted by Gasteiger charge is -2.35. The van der Waals surface area contributed by atoms with E-state index < -0.39 is 26.4 Å². The van der Waals surface area contributed by atoms with Crippen LogP contribution in [-0.2, 0) is 19.1 Å². The molecule has 1 rings (SSSR count). The molecule has 1 heterocycles. The number of nitrogens with zero attached hydrogens (tertiary/aromatic N) is 1. The van der Waals surface area contributed by atoms with Gasteiger partial charge >= 0.3 is 5.97 Å². The zero-order valence-electron chi connectivity index (χ0n) is 14.7. The highest BCUT2D eigenvalue weighted by Crippen LogP contribution is 2.34. The predicted molar refractivity (Wildman–Crippen MR) is 95.7 cm³/mol. The monoisotopic (exact) mass is 388 g/mol. The Hall–Kier alpha value is -2.07. The van der Waals surface area contributed by atoms with Gasteiger partial charge in [0.15, 0.2) is 8.45 Å². The third kappa shape index (κ3) is 6.34. The summed E-state index contributed by atoms with van der Waals surface area (Å²) in [6, 6.07) is -0.773. The summed E-state index contributed by atoms with van der Waals surface area (Å²) in [6.45, 7) is 2.64. The van der Waals surface area contributed by atoms with Gasteiger partial charge in [-0.05, 0) is 19.8 Å². The molecule has 0 aromatic heterocycles. The second kappa shape index (κ2) is 10.8. The summed E-state index contributed by atoms with van der Waals surface area (Å²) >= 11 is 0. The Bertz CT molecular complexity index is 564. The fraction of sp³-hybridized carbons (Fsp3) is 0.571. The van der Waals surface area contributed by atoms with E-state index in [1.807, 2.05) is 0 Å². The Kier molecular flexibility index (Phi) is 9.14. The molecule has 146 valence electrons. The first-order valence-electron chi connectivity index (χ1n) is 7.93. The van der Waals surface area contributed by atoms with Crippen LogP contribution in [0.2, 0.25) is 0 Å². The molecule has 1 saturated heterocycles. The van der Waals surface area contributed by atoms with Crippen molar-refractivity contribution in [1.82, 2.24) is 20.4 Å². The van der Waals surface area contributed by atoms with Gasteiger partial charge in [-0.15, -0.1) is 0 Å². The van der Waals surface area contributed by atoms with Crippen molar-refractivity contribution in [1.29, 1.82) is 5.41 Å². The van der Waals surface area contributed by atoms with Gasteiger partial charge in [0, 0.05) is 25.3 Å². The first-order chi connectivity index (χ1) is 12.3. The molecule has 1 fully saturated rings. The number of carbonyl (C=O) groups is 3. The summed E-state index contributed by atoms with van der Waals surface area (Å²) in [4.78, 5) is 44.1. The average Bonchev–Trinajstić information content (AvgIpc) is 2.65. The van der Waals surface area contributed by atoms with Crippen LogP contribution in [0.25, 0.3) is 0 Å². The molecule has 1 aliphatic rings. The molecule has 11 nitrogen and oxygen atoms in total. The number of amides is 2. The van der Waals surface area contributed by atoms with E-state index >= 15 is 0 Å². The van der Waals surface area contributed by atoms with Crippen LogP contribution >= 0.6 is 8.45 Å². The van der Waals surface area contributed by atoms with Gasteiger partial charge in [0.2, 0.25) is 6.41 Å². The Morgan fingerprint density at radius 3 is 2.54 bits per heavy atom. The maximum atomic E-state index is 12.1. The fourth-order valence-corrected chi connectivity index (χ4v) is 3.56. The van der Waals surface area contributed by atoms with Crippen molar-refractivity contribution in [3.8, 4) is 0 Å². The number of rotatable bonds is 9. The topological polar surface area (TPSA) is 170 Å². The number of hydrogen-bond acceptors (Lipinski definition) is 9. The number of nitrogens with two attached hydrogens (primary N) is 1. The van der Waals surface area contributed by atoms with E-state index in [0.717, 1.165) is 6.21 Å². The van der Waals surface area contributed by atoms with Crippen molar-refractivity contribution in [2.24, 2.45) is 5.73 Å². The maximum Gasteiger partial charge on any atom is 0.322 e. The van der Waals surface area contributed by atoms with Crippen molar-refractivity contribution in [2.45, 2.75) is 31.8 Å². The maximum absolute atomic E-state index is 12.1. The number of methoxy groups -OCH3 is 1. The van der Waals surface area contributed by atoms with Gasteiger partial charge in [-0.2, -0.15) is 0 Å². The van der Waals surface area contributed by atoms with E-state index in [1.54, 1.807) is 11.6 Å². The highest BCUT2D eigenvalue weighted by molar-refractivity contribution is 7.46. The van der Waals surface area contributed by atoms with E-state index in [0.29, 0.717) is 32.3 Å². The molecule has 12 heteroatoms. The summed E-state index contributed by atoms with van der Waals surface area (Å²) in [5.74, 6) is -1.03. The zero-order chi connectivity index (χ0) is 19.7. The summed E-state index contributed by atoms with van der Waals surface area (Å²) in [6.07, 6.45) is 2.28. The molecule has 0 radical (unpaired) electrons. The molecule has 2 atom stereocenters. The molecular weight excluding hydrogens is 363 g/mol. The van der Waals surface area contributed by atoms with E-state index in [9.17, 15) is 19.3 Å². The minimum Gasteiger partial charge on any atom is -0.468 e. The Balaban J connectivity index is 2.51. The quantitative estimate of drug-likeness (QED) is 0.0911. The number of hydrogen-bond donors (Lipinski definition) is 6. The van der Waals surface area contributed by atoms with Crippen LogP contribution in [0, 0.1) is 5.41 Å². The van der Waals surface area contributed by atoms with Crippen LogP contribution in [0.3, 0.4) is 0 Å². The predicted octanol–water partition coefficient (Wildman–Crippen LogP) is -1.50. The molecule has 2 amide bonds. The molecule has 0 saturated carbocycles. The van der Waals surface area contributed by atoms with Gasteiger partial charge in [-0.1, -0.05) is 0 Å². The summed E-state index contributed by atoms with van der Waals surface area (Å²) in [7, 11) is -0.408. The average molecular weight is 388 g/mol. The molecule has 0 spiro atoms. The van der Waals surface area contributed by atoms with E-state index in [2.05, 4.69) is 20.5 Å². The van der Waals surface area contributed by atoms with Crippen LogP contribution in [0.5, 0.6) is 0 Å². The van der Waals surface area contributed by atoms with Crippen molar-refractivity contribution in [2.75, 3.05) is 20.2 Å². The van der Waals surface area contributed by atoms with Crippen molar-refractivity contribution in [3.05, 3.63) is 11.4 Å². The van der Waals surface area contributed by atoms with Crippen LogP contribution < -0.4 is 21.5 Å². The van der Waals surface area contributed by atoms with Gasteiger partial charge in [0.25, 0.3) is 5.91 Å². The fourth-order valence-electron chi connectivity index (χ4n) is 2.33. The molecule has 1 aliphatic heterocycles. The molecule has 0 aromatic carbocycles. The number of nitrogens with one attached hydrogen (secondary N) is 4. The van der Waals surface area contributed by atoms with E-state index in [-0.39, 0.29) is 17.4 Å². The Morgan fingerprint density at radius 2 is 2.04 bits per heavy atom. The second-order valence-electron chi connectivity index (χ2n) is 5.60. The van der Waals surface area contributed by atoms with E-state index in [4.69, 9.17) is 11.1 Å². The molecule has 0 bridgehead atoms. The molecular formula is C14H25N6O5P. The highest BCUT2D eigenvalue weighted by atomic mass is 31.2. The zero-order valence-corrected chi connectivity index (χ0v) is 15.6. The van der Waals surface area contributed by atoms with Gasteiger partial charge in [0.1, 0.15) is 11.7 Å². The first-order valence-corrected chi connectivity index (χ1v) is 9.17. The Labute approximate surface area is 152 Å². The smallest absolute Gasteiger partial charge is 0.322 e. The molecule has 2 unspecified atom stereocenters. The van der Waals surface area contributed by atoms with Crippen LogP contribution in [0.4, 0.5) is 0 Å². The van der Waals surface area contributed by atoms with Crippen LogP contribution in [-0.4, -0.2) is 66.3 Å². The van der Waals surface area contributed by atoms with Gasteiger partial charge in [0.05, 0.1) is 12.8 Å². The lowest BCUT2D eigenvalue weighted by Crippen LogP contribution is -2.46. The number of carbonyl (C=O) groups excluding carboxylic acids is 3. The Morgan fingerprint density at radius 1 is 1.42 bits per heavy atom. The summed E-state index contributed by atoms with van der Waals surface area (Å²) < 4.78 is 6.40. The van der Waals surface area contributed by atoms with Crippen molar-refractivity contribution >= 4 is 33.0 Å². The van der Waals surface area contributed by atoms with Crippen LogP contribution in [0.15, 0.2) is 11.4 Å². The largest absolute Gasteiger partial charge is 0.468 e. The van der Waals surface area contributed by atoms with Gasteiger partial charge < -0.3 is 31.4 Å². The van der Waals surface area contributed by atoms with Crippen molar-refractivity contribution < 1.29 is 24.0 Å². The van der Waals surface area contributed by atoms with Crippen LogP contribution in [0.1, 0.15) is 19.8 Å². The lowest BCUT2D eigenvalue weighted by molar-refractivity contribution is -0.142.